The van der Waals surface area contributed by atoms with Crippen LogP contribution >= 0.6 is 0 Å². The lowest BCUT2D eigenvalue weighted by Crippen LogP contribution is -2.41. The van der Waals surface area contributed by atoms with E-state index in [9.17, 15) is 24.5 Å². The van der Waals surface area contributed by atoms with Gasteiger partial charge in [0.15, 0.2) is 5.76 Å². The number of non-ortho nitro benzene ring substituents is 1. The molecule has 0 unspecified atom stereocenters. The smallest absolute Gasteiger partial charge is 0.305 e. The number of fused-ring (bicyclic) bond motifs is 1. The Morgan fingerprint density at radius 2 is 1.65 bits per heavy atom. The minimum Gasteiger partial charge on any atom is -0.455 e. The first-order valence-corrected chi connectivity index (χ1v) is 11.6. The van der Waals surface area contributed by atoms with Crippen molar-refractivity contribution in [1.29, 1.82) is 0 Å². The van der Waals surface area contributed by atoms with E-state index in [-0.39, 0.29) is 23.8 Å². The van der Waals surface area contributed by atoms with Gasteiger partial charge in [0.2, 0.25) is 5.91 Å². The molecular weight excluding hydrogens is 478 g/mol. The van der Waals surface area contributed by atoms with Crippen molar-refractivity contribution in [3.63, 3.8) is 0 Å². The second kappa shape index (κ2) is 10.9. The third-order valence-electron chi connectivity index (χ3n) is 5.96. The summed E-state index contributed by atoms with van der Waals surface area (Å²) < 4.78 is 5.80. The molecule has 1 aliphatic rings. The molecule has 3 N–H and O–H groups in total. The first-order chi connectivity index (χ1) is 17.7. The molecule has 190 valence electrons. The van der Waals surface area contributed by atoms with E-state index in [4.69, 9.17) is 4.42 Å². The fraction of sp³-hybridized carbons (Fsp3) is 0.231. The van der Waals surface area contributed by atoms with Gasteiger partial charge in [-0.15, -0.1) is 0 Å². The van der Waals surface area contributed by atoms with Crippen molar-refractivity contribution in [2.45, 2.75) is 39.5 Å². The first-order valence-electron chi connectivity index (χ1n) is 11.6. The Kier molecular flexibility index (Phi) is 7.42. The van der Waals surface area contributed by atoms with E-state index in [1.807, 2.05) is 6.92 Å². The summed E-state index contributed by atoms with van der Waals surface area (Å²) in [4.78, 5) is 47.7. The minimum atomic E-state index is -0.603. The quantitative estimate of drug-likeness (QED) is 0.346. The Morgan fingerprint density at radius 3 is 2.32 bits per heavy atom. The summed E-state index contributed by atoms with van der Waals surface area (Å²) in [6.07, 6.45) is 1.91. The number of nitro benzene ring substituents is 1. The molecule has 4 rings (SSSR count). The maximum atomic E-state index is 12.7. The number of carbonyl (C=O) groups excluding carboxylic acids is 3. The molecular formula is C26H25N5O6. The molecule has 0 atom stereocenters. The van der Waals surface area contributed by atoms with Crippen LogP contribution < -0.4 is 16.3 Å². The van der Waals surface area contributed by atoms with Crippen molar-refractivity contribution in [1.82, 2.24) is 16.3 Å². The summed E-state index contributed by atoms with van der Waals surface area (Å²) in [5, 5.41) is 15.0. The van der Waals surface area contributed by atoms with Crippen molar-refractivity contribution in [2.75, 3.05) is 0 Å². The van der Waals surface area contributed by atoms with Crippen molar-refractivity contribution in [2.24, 2.45) is 5.10 Å². The summed E-state index contributed by atoms with van der Waals surface area (Å²) >= 11 is 0. The molecule has 0 bridgehead atoms. The van der Waals surface area contributed by atoms with Crippen LogP contribution in [0.2, 0.25) is 0 Å². The number of hydrazone groups is 1. The average Bonchev–Trinajstić information content (AvgIpc) is 3.23. The molecule has 0 saturated heterocycles. The highest BCUT2D eigenvalue weighted by Gasteiger charge is 2.28. The minimum absolute atomic E-state index is 0.000335. The first kappa shape index (κ1) is 25.3. The van der Waals surface area contributed by atoms with Crippen LogP contribution in [0.5, 0.6) is 0 Å². The van der Waals surface area contributed by atoms with Crippen LogP contribution in [0.25, 0.3) is 0 Å². The van der Waals surface area contributed by atoms with Gasteiger partial charge in [-0.2, -0.15) is 5.10 Å². The molecule has 3 amide bonds. The summed E-state index contributed by atoms with van der Waals surface area (Å²) in [6, 6.07) is 12.6. The third kappa shape index (κ3) is 5.89. The molecule has 2 aromatic carbocycles. The van der Waals surface area contributed by atoms with Gasteiger partial charge in [-0.25, -0.2) is 5.43 Å². The molecule has 0 aliphatic heterocycles. The number of carbonyl (C=O) groups is 3. The van der Waals surface area contributed by atoms with Crippen LogP contribution in [-0.4, -0.2) is 28.4 Å². The van der Waals surface area contributed by atoms with E-state index < -0.39 is 16.7 Å². The molecule has 1 aromatic heterocycles. The van der Waals surface area contributed by atoms with Gasteiger partial charge in [-0.05, 0) is 44.4 Å². The number of rotatable bonds is 6. The van der Waals surface area contributed by atoms with Crippen LogP contribution in [0.3, 0.4) is 0 Å². The van der Waals surface area contributed by atoms with Gasteiger partial charge in [0.25, 0.3) is 11.6 Å². The summed E-state index contributed by atoms with van der Waals surface area (Å²) in [7, 11) is 0. The Hall–Kier alpha value is -4.80. The number of benzene rings is 2. The van der Waals surface area contributed by atoms with Gasteiger partial charge >= 0.3 is 5.91 Å². The summed E-state index contributed by atoms with van der Waals surface area (Å²) in [6.45, 7) is 3.63. The van der Waals surface area contributed by atoms with E-state index in [1.54, 1.807) is 31.2 Å². The van der Waals surface area contributed by atoms with E-state index in [0.29, 0.717) is 46.6 Å². The number of nitrogens with zero attached hydrogens (tertiary/aromatic N) is 2. The van der Waals surface area contributed by atoms with E-state index >= 15 is 0 Å². The monoisotopic (exact) mass is 503 g/mol. The number of hydrazine groups is 1. The van der Waals surface area contributed by atoms with Crippen LogP contribution in [0, 0.1) is 24.0 Å². The van der Waals surface area contributed by atoms with Crippen LogP contribution in [0.1, 0.15) is 61.8 Å². The fourth-order valence-electron chi connectivity index (χ4n) is 4.03. The Bertz CT molecular complexity index is 1390. The topological polar surface area (TPSA) is 156 Å². The average molecular weight is 504 g/mol. The zero-order valence-electron chi connectivity index (χ0n) is 20.3. The molecule has 1 aliphatic carbocycles. The van der Waals surface area contributed by atoms with E-state index in [2.05, 4.69) is 21.4 Å². The number of furan rings is 1. The number of hydrogen-bond acceptors (Lipinski definition) is 7. The van der Waals surface area contributed by atoms with Crippen LogP contribution in [0.4, 0.5) is 5.69 Å². The number of hydrogen-bond donors (Lipinski definition) is 3. The Balaban J connectivity index is 1.41. The third-order valence-corrected chi connectivity index (χ3v) is 5.96. The highest BCUT2D eigenvalue weighted by molar-refractivity contribution is 6.07. The lowest BCUT2D eigenvalue weighted by atomic mass is 9.93. The van der Waals surface area contributed by atoms with E-state index in [0.717, 1.165) is 12.0 Å². The molecule has 11 nitrogen and oxygen atoms in total. The van der Waals surface area contributed by atoms with Crippen LogP contribution in [0.15, 0.2) is 58.0 Å². The molecule has 1 heterocycles. The van der Waals surface area contributed by atoms with Gasteiger partial charge in [0.05, 0.1) is 17.1 Å². The highest BCUT2D eigenvalue weighted by Crippen LogP contribution is 2.29. The lowest BCUT2D eigenvalue weighted by Gasteiger charge is -2.13. The van der Waals surface area contributed by atoms with Gasteiger partial charge in [-0.3, -0.25) is 35.3 Å². The number of nitro groups is 1. The predicted molar refractivity (Wildman–Crippen MR) is 134 cm³/mol. The molecule has 0 radical (unpaired) electrons. The fourth-order valence-corrected chi connectivity index (χ4v) is 4.03. The van der Waals surface area contributed by atoms with Crippen molar-refractivity contribution in [3.05, 3.63) is 98.0 Å². The standard InChI is InChI=1S/C26H25N5O6/c1-15-6-10-18(11-7-15)25(33)29-30-26(34)24-16(2)23-20(4-3-5-21(23)37-24)27-28-22(32)14-17-8-12-19(13-9-17)31(35)36/h6-13H,3-5,14H2,1-2H3,(H,28,32)(H,29,33)(H,30,34)/b27-20+. The highest BCUT2D eigenvalue weighted by atomic mass is 16.6. The second-order valence-electron chi connectivity index (χ2n) is 8.68. The lowest BCUT2D eigenvalue weighted by molar-refractivity contribution is -0.384. The molecule has 0 spiro atoms. The SMILES string of the molecule is Cc1ccc(C(=O)NNC(=O)c2oc3c(c2C)/C(=N/NC(=O)Cc2ccc([N+](=O)[O-])cc2)CCC3)cc1. The van der Waals surface area contributed by atoms with Gasteiger partial charge < -0.3 is 4.42 Å². The van der Waals surface area contributed by atoms with Crippen LogP contribution in [-0.2, 0) is 17.6 Å². The predicted octanol–water partition coefficient (Wildman–Crippen LogP) is 3.28. The molecule has 3 aromatic rings. The molecule has 0 saturated carbocycles. The zero-order chi connectivity index (χ0) is 26.5. The van der Waals surface area contributed by atoms with Gasteiger partial charge in [-0.1, -0.05) is 29.8 Å². The zero-order valence-corrected chi connectivity index (χ0v) is 20.3. The maximum Gasteiger partial charge on any atom is 0.305 e. The Labute approximate surface area is 212 Å². The van der Waals surface area contributed by atoms with Gasteiger partial charge in [0, 0.05) is 35.2 Å². The van der Waals surface area contributed by atoms with Crippen molar-refractivity contribution >= 4 is 29.1 Å². The normalized spacial score (nSPS) is 13.5. The van der Waals surface area contributed by atoms with Gasteiger partial charge in [0.1, 0.15) is 5.76 Å². The molecule has 37 heavy (non-hydrogen) atoms. The number of aryl methyl sites for hydroxylation is 2. The second-order valence-corrected chi connectivity index (χ2v) is 8.68. The Morgan fingerprint density at radius 1 is 0.973 bits per heavy atom. The maximum absolute atomic E-state index is 12.7. The number of nitrogens with one attached hydrogen (secondary N) is 3. The summed E-state index contributed by atoms with van der Waals surface area (Å²) in [5.74, 6) is -0.802. The number of amides is 3. The van der Waals surface area contributed by atoms with E-state index in [1.165, 1.54) is 24.3 Å². The summed E-state index contributed by atoms with van der Waals surface area (Å²) in [5.41, 5.74) is 11.1. The molecule has 11 heteroatoms. The van der Waals surface area contributed by atoms with Crippen molar-refractivity contribution < 1.29 is 23.7 Å². The van der Waals surface area contributed by atoms with Crippen molar-refractivity contribution in [3.8, 4) is 0 Å². The molecule has 0 fully saturated rings. The largest absolute Gasteiger partial charge is 0.455 e.